The van der Waals surface area contributed by atoms with Crippen LogP contribution in [0.15, 0.2) is 54.6 Å². The van der Waals surface area contributed by atoms with Crippen LogP contribution in [0.3, 0.4) is 0 Å². The third-order valence-corrected chi connectivity index (χ3v) is 2.34. The summed E-state index contributed by atoms with van der Waals surface area (Å²) in [5, 5.41) is 0. The first-order chi connectivity index (χ1) is 7.92. The van der Waals surface area contributed by atoms with Crippen LogP contribution < -0.4 is 0 Å². The molecule has 0 fully saturated rings. The normalized spacial score (nSPS) is 10.1. The van der Waals surface area contributed by atoms with Gasteiger partial charge in [0.2, 0.25) is 0 Å². The molecule has 0 N–H and O–H groups in total. The van der Waals surface area contributed by atoms with Gasteiger partial charge in [-0.05, 0) is 17.2 Å². The lowest BCUT2D eigenvalue weighted by Gasteiger charge is -2.15. The predicted molar refractivity (Wildman–Crippen MR) is 60.7 cm³/mol. The van der Waals surface area contributed by atoms with Gasteiger partial charge in [0.25, 0.3) is 6.47 Å². The average molecular weight is 211 g/mol. The number of rotatable bonds is 4. The molecule has 0 saturated carbocycles. The fourth-order valence-electron chi connectivity index (χ4n) is 1.61. The second-order valence-electron chi connectivity index (χ2n) is 3.36. The molecule has 0 aliphatic carbocycles. The van der Waals surface area contributed by atoms with Gasteiger partial charge in [0.1, 0.15) is 0 Å². The largest absolute Gasteiger partial charge is 0.455 e. The van der Waals surface area contributed by atoms with E-state index >= 15 is 0 Å². The second kappa shape index (κ2) is 5.12. The monoisotopic (exact) mass is 211 g/mol. The van der Waals surface area contributed by atoms with Gasteiger partial charge in [-0.1, -0.05) is 54.6 Å². The van der Waals surface area contributed by atoms with Crippen molar-refractivity contribution in [2.45, 2.75) is 6.10 Å². The number of hydrogen-bond donors (Lipinski definition) is 0. The van der Waals surface area contributed by atoms with Gasteiger partial charge < -0.3 is 4.74 Å². The summed E-state index contributed by atoms with van der Waals surface area (Å²) >= 11 is 0. The van der Waals surface area contributed by atoms with Crippen LogP contribution in [-0.4, -0.2) is 6.47 Å². The summed E-state index contributed by atoms with van der Waals surface area (Å²) < 4.78 is 5.12. The average Bonchev–Trinajstić information content (AvgIpc) is 2.38. The van der Waals surface area contributed by atoms with Gasteiger partial charge in [0.05, 0.1) is 0 Å². The van der Waals surface area contributed by atoms with E-state index in [0.29, 0.717) is 6.47 Å². The third kappa shape index (κ3) is 2.28. The summed E-state index contributed by atoms with van der Waals surface area (Å²) in [6, 6.07) is 20.0. The van der Waals surface area contributed by atoms with Crippen molar-refractivity contribution in [2.75, 3.05) is 0 Å². The molecule has 79 valence electrons. The first-order valence-electron chi connectivity index (χ1n) is 5.02. The van der Waals surface area contributed by atoms with E-state index < -0.39 is 0 Å². The third-order valence-electron chi connectivity index (χ3n) is 2.34. The maximum absolute atomic E-state index is 10.5. The number of carbonyl (C=O) groups excluding carboxylic acids is 1. The van der Waals surface area contributed by atoms with Crippen molar-refractivity contribution in [3.8, 4) is 0 Å². The highest BCUT2D eigenvalue weighted by Gasteiger charge is 2.13. The molecule has 0 bridgehead atoms. The standard InChI is InChI=1S/C14H11O2/c15-11-16-14(12-7-3-1-4-8-12)13-9-5-2-6-10-13/h1,3-11,14H. The minimum Gasteiger partial charge on any atom is -0.455 e. The second-order valence-corrected chi connectivity index (χ2v) is 3.36. The van der Waals surface area contributed by atoms with Crippen LogP contribution in [0.5, 0.6) is 0 Å². The van der Waals surface area contributed by atoms with Crippen LogP contribution in [0.1, 0.15) is 17.2 Å². The highest BCUT2D eigenvalue weighted by molar-refractivity contribution is 5.41. The summed E-state index contributed by atoms with van der Waals surface area (Å²) in [6.45, 7) is 0.481. The Morgan fingerprint density at radius 1 is 1.00 bits per heavy atom. The lowest BCUT2D eigenvalue weighted by atomic mass is 10.0. The highest BCUT2D eigenvalue weighted by Crippen LogP contribution is 2.24. The minimum atomic E-state index is -0.340. The molecule has 1 unspecified atom stereocenters. The van der Waals surface area contributed by atoms with Crippen LogP contribution in [0, 0.1) is 6.07 Å². The van der Waals surface area contributed by atoms with Crippen LogP contribution in [-0.2, 0) is 9.53 Å². The Balaban J connectivity index is 2.35. The molecule has 1 atom stereocenters. The SMILES string of the molecule is O=COC(c1cc[c]cc1)c1ccccc1. The zero-order valence-corrected chi connectivity index (χ0v) is 8.67. The Kier molecular flexibility index (Phi) is 3.34. The number of benzene rings is 2. The maximum Gasteiger partial charge on any atom is 0.294 e. The van der Waals surface area contributed by atoms with E-state index in [-0.39, 0.29) is 6.10 Å². The van der Waals surface area contributed by atoms with Crippen molar-refractivity contribution in [2.24, 2.45) is 0 Å². The van der Waals surface area contributed by atoms with E-state index in [2.05, 4.69) is 6.07 Å². The molecule has 0 saturated heterocycles. The van der Waals surface area contributed by atoms with E-state index in [1.165, 1.54) is 0 Å². The molecule has 2 rings (SSSR count). The summed E-state index contributed by atoms with van der Waals surface area (Å²) in [5.41, 5.74) is 1.90. The molecule has 1 radical (unpaired) electrons. The molecule has 0 spiro atoms. The van der Waals surface area contributed by atoms with Gasteiger partial charge in [-0.15, -0.1) is 0 Å². The van der Waals surface area contributed by atoms with Crippen molar-refractivity contribution in [1.29, 1.82) is 0 Å². The van der Waals surface area contributed by atoms with Gasteiger partial charge in [0.15, 0.2) is 6.10 Å². The summed E-state index contributed by atoms with van der Waals surface area (Å²) in [7, 11) is 0. The van der Waals surface area contributed by atoms with E-state index in [0.717, 1.165) is 11.1 Å². The fourth-order valence-corrected chi connectivity index (χ4v) is 1.61. The van der Waals surface area contributed by atoms with Gasteiger partial charge in [-0.3, -0.25) is 4.79 Å². The van der Waals surface area contributed by atoms with Crippen LogP contribution in [0.25, 0.3) is 0 Å². The first kappa shape index (κ1) is 10.4. The number of carbonyl (C=O) groups is 1. The zero-order valence-electron chi connectivity index (χ0n) is 8.67. The smallest absolute Gasteiger partial charge is 0.294 e. The van der Waals surface area contributed by atoms with Gasteiger partial charge in [-0.2, -0.15) is 0 Å². The molecule has 0 aliphatic heterocycles. The highest BCUT2D eigenvalue weighted by atomic mass is 16.5. The minimum absolute atomic E-state index is 0.340. The zero-order chi connectivity index (χ0) is 11.2. The summed E-state index contributed by atoms with van der Waals surface area (Å²) in [6.07, 6.45) is -0.340. The lowest BCUT2D eigenvalue weighted by molar-refractivity contribution is -0.132. The van der Waals surface area contributed by atoms with E-state index in [1.807, 2.05) is 42.5 Å². The topological polar surface area (TPSA) is 26.3 Å². The van der Waals surface area contributed by atoms with E-state index in [4.69, 9.17) is 4.74 Å². The van der Waals surface area contributed by atoms with E-state index in [9.17, 15) is 4.79 Å². The fraction of sp³-hybridized carbons (Fsp3) is 0.0714. The maximum atomic E-state index is 10.5. The molecule has 16 heavy (non-hydrogen) atoms. The molecule has 2 nitrogen and oxygen atoms in total. The Hall–Kier alpha value is -2.09. The molecule has 0 heterocycles. The van der Waals surface area contributed by atoms with Crippen LogP contribution in [0.4, 0.5) is 0 Å². The molecule has 2 heteroatoms. The van der Waals surface area contributed by atoms with Gasteiger partial charge in [-0.25, -0.2) is 0 Å². The molecular formula is C14H11O2. The van der Waals surface area contributed by atoms with Crippen LogP contribution >= 0.6 is 0 Å². The lowest BCUT2D eigenvalue weighted by Crippen LogP contribution is -2.04. The van der Waals surface area contributed by atoms with Crippen molar-refractivity contribution < 1.29 is 9.53 Å². The Morgan fingerprint density at radius 2 is 1.62 bits per heavy atom. The Bertz CT molecular complexity index is 397. The van der Waals surface area contributed by atoms with Gasteiger partial charge >= 0.3 is 0 Å². The molecule has 0 amide bonds. The Labute approximate surface area is 94.5 Å². The van der Waals surface area contributed by atoms with E-state index in [1.54, 1.807) is 12.1 Å². The van der Waals surface area contributed by atoms with Crippen molar-refractivity contribution in [3.05, 3.63) is 71.8 Å². The first-order valence-corrected chi connectivity index (χ1v) is 5.02. The summed E-state index contributed by atoms with van der Waals surface area (Å²) in [5.74, 6) is 0. The predicted octanol–water partition coefficient (Wildman–Crippen LogP) is 2.75. The van der Waals surface area contributed by atoms with Crippen molar-refractivity contribution in [1.82, 2.24) is 0 Å². The molecule has 2 aromatic rings. The Morgan fingerprint density at radius 3 is 2.25 bits per heavy atom. The van der Waals surface area contributed by atoms with Crippen molar-refractivity contribution in [3.63, 3.8) is 0 Å². The molecule has 0 aliphatic rings. The quantitative estimate of drug-likeness (QED) is 0.727. The number of ether oxygens (including phenoxy) is 1. The molecule has 0 aromatic heterocycles. The number of hydrogen-bond acceptors (Lipinski definition) is 2. The van der Waals surface area contributed by atoms with Crippen LogP contribution in [0.2, 0.25) is 0 Å². The van der Waals surface area contributed by atoms with Gasteiger partial charge in [0, 0.05) is 0 Å². The molecular weight excluding hydrogens is 200 g/mol. The summed E-state index contributed by atoms with van der Waals surface area (Å²) in [4.78, 5) is 10.5. The molecule has 2 aromatic carbocycles. The van der Waals surface area contributed by atoms with Crippen molar-refractivity contribution >= 4 is 6.47 Å².